The second kappa shape index (κ2) is 6.70. The molecule has 1 fully saturated rings. The summed E-state index contributed by atoms with van der Waals surface area (Å²) in [4.78, 5) is 20.2. The van der Waals surface area contributed by atoms with Crippen LogP contribution in [-0.4, -0.2) is 49.0 Å². The van der Waals surface area contributed by atoms with Crippen LogP contribution in [-0.2, 0) is 0 Å². The predicted octanol–water partition coefficient (Wildman–Crippen LogP) is 1.49. The number of nitrogens with zero attached hydrogens (tertiary/aromatic N) is 3. The van der Waals surface area contributed by atoms with Gasteiger partial charge in [-0.15, -0.1) is 0 Å². The highest BCUT2D eigenvalue weighted by molar-refractivity contribution is 5.93. The standard InChI is InChI=1S/C15H24N4O/c1-18(2)15(20)12-6-7-14(17-11-12)19-10-4-3-5-13(19)8-9-16/h6-7,11,13H,3-5,8-10,16H2,1-2H3. The van der Waals surface area contributed by atoms with Crippen molar-refractivity contribution < 1.29 is 4.79 Å². The van der Waals surface area contributed by atoms with Crippen LogP contribution in [0, 0.1) is 0 Å². The molecule has 1 unspecified atom stereocenters. The van der Waals surface area contributed by atoms with E-state index in [-0.39, 0.29) is 5.91 Å². The van der Waals surface area contributed by atoms with Gasteiger partial charge in [0.1, 0.15) is 5.82 Å². The molecule has 110 valence electrons. The van der Waals surface area contributed by atoms with Crippen molar-refractivity contribution in [2.75, 3.05) is 32.1 Å². The van der Waals surface area contributed by atoms with Gasteiger partial charge < -0.3 is 15.5 Å². The number of nitrogens with two attached hydrogens (primary N) is 1. The average Bonchev–Trinajstić information content (AvgIpc) is 2.47. The predicted molar refractivity (Wildman–Crippen MR) is 80.9 cm³/mol. The van der Waals surface area contributed by atoms with Crippen LogP contribution in [0.3, 0.4) is 0 Å². The first-order valence-electron chi connectivity index (χ1n) is 7.28. The topological polar surface area (TPSA) is 62.5 Å². The van der Waals surface area contributed by atoms with Gasteiger partial charge in [-0.05, 0) is 44.4 Å². The molecular formula is C15H24N4O. The fourth-order valence-corrected chi connectivity index (χ4v) is 2.74. The molecule has 1 saturated heterocycles. The van der Waals surface area contributed by atoms with Crippen molar-refractivity contribution in [1.82, 2.24) is 9.88 Å². The summed E-state index contributed by atoms with van der Waals surface area (Å²) in [6.45, 7) is 1.73. The number of hydrogen-bond donors (Lipinski definition) is 1. The molecule has 0 aromatic carbocycles. The summed E-state index contributed by atoms with van der Waals surface area (Å²) in [6, 6.07) is 4.29. The highest BCUT2D eigenvalue weighted by Crippen LogP contribution is 2.24. The van der Waals surface area contributed by atoms with Gasteiger partial charge in [-0.3, -0.25) is 4.79 Å². The maximum atomic E-state index is 11.9. The summed E-state index contributed by atoms with van der Waals surface area (Å²) in [5, 5.41) is 0. The first-order chi connectivity index (χ1) is 9.63. The lowest BCUT2D eigenvalue weighted by Gasteiger charge is -2.36. The van der Waals surface area contributed by atoms with Gasteiger partial charge in [0, 0.05) is 32.9 Å². The van der Waals surface area contributed by atoms with Crippen LogP contribution < -0.4 is 10.6 Å². The zero-order valence-electron chi connectivity index (χ0n) is 12.4. The molecule has 0 bridgehead atoms. The normalized spacial score (nSPS) is 18.9. The van der Waals surface area contributed by atoms with E-state index in [1.165, 1.54) is 19.3 Å². The van der Waals surface area contributed by atoms with Gasteiger partial charge >= 0.3 is 0 Å². The van der Waals surface area contributed by atoms with E-state index in [1.54, 1.807) is 25.2 Å². The van der Waals surface area contributed by atoms with Crippen LogP contribution in [0.1, 0.15) is 36.0 Å². The van der Waals surface area contributed by atoms with Crippen molar-refractivity contribution in [3.05, 3.63) is 23.9 Å². The molecule has 1 amide bonds. The number of pyridine rings is 1. The van der Waals surface area contributed by atoms with Gasteiger partial charge in [0.15, 0.2) is 0 Å². The lowest BCUT2D eigenvalue weighted by atomic mass is 9.99. The Kier molecular flexibility index (Phi) is 4.95. The molecule has 0 spiro atoms. The molecule has 0 aliphatic carbocycles. The van der Waals surface area contributed by atoms with Gasteiger partial charge in [-0.1, -0.05) is 0 Å². The molecule has 1 atom stereocenters. The lowest BCUT2D eigenvalue weighted by molar-refractivity contribution is 0.0827. The van der Waals surface area contributed by atoms with Crippen molar-refractivity contribution in [1.29, 1.82) is 0 Å². The number of carbonyl (C=O) groups excluding carboxylic acids is 1. The Morgan fingerprint density at radius 3 is 2.85 bits per heavy atom. The van der Waals surface area contributed by atoms with E-state index in [0.29, 0.717) is 18.2 Å². The van der Waals surface area contributed by atoms with Crippen LogP contribution >= 0.6 is 0 Å². The Morgan fingerprint density at radius 1 is 1.45 bits per heavy atom. The Balaban J connectivity index is 2.13. The molecular weight excluding hydrogens is 252 g/mol. The summed E-state index contributed by atoms with van der Waals surface area (Å²) in [7, 11) is 3.50. The smallest absolute Gasteiger partial charge is 0.254 e. The second-order valence-corrected chi connectivity index (χ2v) is 5.53. The molecule has 1 aliphatic rings. The molecule has 20 heavy (non-hydrogen) atoms. The second-order valence-electron chi connectivity index (χ2n) is 5.53. The Labute approximate surface area is 120 Å². The van der Waals surface area contributed by atoms with E-state index in [9.17, 15) is 4.79 Å². The third-order valence-corrected chi connectivity index (χ3v) is 3.82. The van der Waals surface area contributed by atoms with Crippen molar-refractivity contribution in [3.8, 4) is 0 Å². The van der Waals surface area contributed by atoms with E-state index < -0.39 is 0 Å². The molecule has 2 N–H and O–H groups in total. The Bertz CT molecular complexity index is 442. The van der Waals surface area contributed by atoms with Crippen LogP contribution in [0.2, 0.25) is 0 Å². The van der Waals surface area contributed by atoms with E-state index in [4.69, 9.17) is 5.73 Å². The van der Waals surface area contributed by atoms with Gasteiger partial charge in [0.2, 0.25) is 0 Å². The summed E-state index contributed by atoms with van der Waals surface area (Å²) in [5.74, 6) is 0.944. The van der Waals surface area contributed by atoms with Gasteiger partial charge in [0.05, 0.1) is 5.56 Å². The molecule has 1 aromatic heterocycles. The molecule has 1 aromatic rings. The zero-order valence-corrected chi connectivity index (χ0v) is 12.4. The minimum atomic E-state index is -0.0128. The number of aromatic nitrogens is 1. The Hall–Kier alpha value is -1.62. The maximum Gasteiger partial charge on any atom is 0.254 e. The number of hydrogen-bond acceptors (Lipinski definition) is 4. The van der Waals surface area contributed by atoms with Crippen molar-refractivity contribution in [3.63, 3.8) is 0 Å². The van der Waals surface area contributed by atoms with Crippen molar-refractivity contribution in [2.24, 2.45) is 5.73 Å². The van der Waals surface area contributed by atoms with E-state index in [1.807, 2.05) is 12.1 Å². The molecule has 5 nitrogen and oxygen atoms in total. The summed E-state index contributed by atoms with van der Waals surface area (Å²) in [6.07, 6.45) is 6.31. The van der Waals surface area contributed by atoms with Crippen LogP contribution in [0.4, 0.5) is 5.82 Å². The third-order valence-electron chi connectivity index (χ3n) is 3.82. The van der Waals surface area contributed by atoms with Crippen molar-refractivity contribution in [2.45, 2.75) is 31.7 Å². The molecule has 2 rings (SSSR count). The minimum absolute atomic E-state index is 0.0128. The van der Waals surface area contributed by atoms with E-state index in [2.05, 4.69) is 9.88 Å². The molecule has 1 aliphatic heterocycles. The molecule has 5 heteroatoms. The van der Waals surface area contributed by atoms with Gasteiger partial charge in [0.25, 0.3) is 5.91 Å². The monoisotopic (exact) mass is 276 g/mol. The van der Waals surface area contributed by atoms with Gasteiger partial charge in [-0.2, -0.15) is 0 Å². The number of amides is 1. The van der Waals surface area contributed by atoms with E-state index >= 15 is 0 Å². The summed E-state index contributed by atoms with van der Waals surface area (Å²) >= 11 is 0. The minimum Gasteiger partial charge on any atom is -0.354 e. The quantitative estimate of drug-likeness (QED) is 0.905. The molecule has 0 radical (unpaired) electrons. The summed E-state index contributed by atoms with van der Waals surface area (Å²) < 4.78 is 0. The fourth-order valence-electron chi connectivity index (χ4n) is 2.74. The number of rotatable bonds is 4. The highest BCUT2D eigenvalue weighted by Gasteiger charge is 2.23. The maximum absolute atomic E-state index is 11.9. The SMILES string of the molecule is CN(C)C(=O)c1ccc(N2CCCCC2CCN)nc1. The number of carbonyl (C=O) groups is 1. The number of piperidine rings is 1. The molecule has 0 saturated carbocycles. The Morgan fingerprint density at radius 2 is 2.25 bits per heavy atom. The largest absolute Gasteiger partial charge is 0.354 e. The zero-order chi connectivity index (χ0) is 14.5. The number of anilines is 1. The van der Waals surface area contributed by atoms with Crippen molar-refractivity contribution >= 4 is 11.7 Å². The van der Waals surface area contributed by atoms with Crippen LogP contribution in [0.15, 0.2) is 18.3 Å². The highest BCUT2D eigenvalue weighted by atomic mass is 16.2. The van der Waals surface area contributed by atoms with Crippen LogP contribution in [0.5, 0.6) is 0 Å². The first kappa shape index (κ1) is 14.8. The fraction of sp³-hybridized carbons (Fsp3) is 0.600. The molecule has 2 heterocycles. The van der Waals surface area contributed by atoms with Crippen LogP contribution in [0.25, 0.3) is 0 Å². The average molecular weight is 276 g/mol. The lowest BCUT2D eigenvalue weighted by Crippen LogP contribution is -2.41. The first-order valence-corrected chi connectivity index (χ1v) is 7.28. The third kappa shape index (κ3) is 3.28. The van der Waals surface area contributed by atoms with E-state index in [0.717, 1.165) is 18.8 Å². The van der Waals surface area contributed by atoms with Gasteiger partial charge in [-0.25, -0.2) is 4.98 Å². The summed E-state index contributed by atoms with van der Waals surface area (Å²) in [5.41, 5.74) is 6.33.